The standard InChI is InChI=1S/C21H16ClN3O2S3/c1-2-12-3-9-15(10-4-12)25-18-17(30-21(25)28)19(27)24-20(23-18)29-11-16(26)13-5-7-14(22)8-6-13/h3-10H,2,11H2,1H3,(H,23,24,27). The number of benzene rings is 2. The molecule has 0 aliphatic carbocycles. The first kappa shape index (κ1) is 21.0. The zero-order valence-corrected chi connectivity index (χ0v) is 19.1. The molecule has 2 heterocycles. The summed E-state index contributed by atoms with van der Waals surface area (Å²) in [5.74, 6) is 0.0725. The molecule has 0 saturated heterocycles. The minimum atomic E-state index is -0.263. The highest BCUT2D eigenvalue weighted by molar-refractivity contribution is 7.99. The molecule has 2 aromatic carbocycles. The van der Waals surface area contributed by atoms with Gasteiger partial charge in [-0.3, -0.25) is 14.2 Å². The second-order valence-corrected chi connectivity index (χ2v) is 9.51. The number of ketones is 1. The predicted molar refractivity (Wildman–Crippen MR) is 126 cm³/mol. The van der Waals surface area contributed by atoms with E-state index in [4.69, 9.17) is 23.8 Å². The Kier molecular flexibility index (Phi) is 6.19. The number of thiazole rings is 1. The number of thioether (sulfide) groups is 1. The minimum Gasteiger partial charge on any atom is -0.300 e. The van der Waals surface area contributed by atoms with E-state index in [0.29, 0.717) is 30.0 Å². The maximum atomic E-state index is 12.6. The van der Waals surface area contributed by atoms with E-state index in [1.807, 2.05) is 24.3 Å². The van der Waals surface area contributed by atoms with Crippen LogP contribution in [0.15, 0.2) is 58.5 Å². The Morgan fingerprint density at radius 1 is 1.20 bits per heavy atom. The zero-order valence-electron chi connectivity index (χ0n) is 15.8. The van der Waals surface area contributed by atoms with Gasteiger partial charge >= 0.3 is 0 Å². The van der Waals surface area contributed by atoms with Gasteiger partial charge in [-0.1, -0.05) is 53.8 Å². The van der Waals surface area contributed by atoms with Gasteiger partial charge in [-0.05, 0) is 60.6 Å². The van der Waals surface area contributed by atoms with E-state index in [2.05, 4.69) is 16.9 Å². The van der Waals surface area contributed by atoms with E-state index in [9.17, 15) is 9.59 Å². The average Bonchev–Trinajstić information content (AvgIpc) is 3.09. The number of H-pyrrole nitrogens is 1. The average molecular weight is 474 g/mol. The van der Waals surface area contributed by atoms with Crippen molar-refractivity contribution in [3.8, 4) is 5.69 Å². The van der Waals surface area contributed by atoms with E-state index in [0.717, 1.165) is 12.1 Å². The Labute approximate surface area is 190 Å². The van der Waals surface area contributed by atoms with Crippen molar-refractivity contribution < 1.29 is 4.79 Å². The SMILES string of the molecule is CCc1ccc(-n2c(=S)sc3c(=O)[nH]c(SCC(=O)c4ccc(Cl)cc4)nc32)cc1. The van der Waals surface area contributed by atoms with Crippen molar-refractivity contribution >= 4 is 63.0 Å². The highest BCUT2D eigenvalue weighted by Gasteiger charge is 2.15. The maximum Gasteiger partial charge on any atom is 0.271 e. The van der Waals surface area contributed by atoms with E-state index in [1.54, 1.807) is 28.8 Å². The molecule has 0 amide bonds. The fourth-order valence-electron chi connectivity index (χ4n) is 2.92. The Morgan fingerprint density at radius 2 is 1.90 bits per heavy atom. The summed E-state index contributed by atoms with van der Waals surface area (Å²) in [4.78, 5) is 32.4. The Hall–Kier alpha value is -2.26. The number of nitrogens with zero attached hydrogens (tertiary/aromatic N) is 2. The lowest BCUT2D eigenvalue weighted by atomic mass is 10.1. The molecule has 0 spiro atoms. The summed E-state index contributed by atoms with van der Waals surface area (Å²) in [5, 5.41) is 0.950. The van der Waals surface area contributed by atoms with Gasteiger partial charge in [0, 0.05) is 16.3 Å². The van der Waals surface area contributed by atoms with Crippen molar-refractivity contribution in [2.75, 3.05) is 5.75 Å². The normalized spacial score (nSPS) is 11.1. The van der Waals surface area contributed by atoms with Gasteiger partial charge in [0.05, 0.1) is 5.75 Å². The van der Waals surface area contributed by atoms with Crippen LogP contribution in [0.1, 0.15) is 22.8 Å². The van der Waals surface area contributed by atoms with Crippen molar-refractivity contribution in [3.05, 3.63) is 79.0 Å². The van der Waals surface area contributed by atoms with E-state index in [1.165, 1.54) is 28.7 Å². The third-order valence-electron chi connectivity index (χ3n) is 4.53. The second-order valence-electron chi connectivity index (χ2n) is 6.47. The van der Waals surface area contributed by atoms with Gasteiger partial charge in [0.1, 0.15) is 4.70 Å². The third kappa shape index (κ3) is 4.27. The van der Waals surface area contributed by atoms with Gasteiger partial charge in [-0.25, -0.2) is 4.98 Å². The van der Waals surface area contributed by atoms with Crippen LogP contribution in [-0.4, -0.2) is 26.1 Å². The third-order valence-corrected chi connectivity index (χ3v) is 7.02. The van der Waals surface area contributed by atoms with Crippen molar-refractivity contribution in [2.45, 2.75) is 18.5 Å². The number of fused-ring (bicyclic) bond motifs is 1. The van der Waals surface area contributed by atoms with Crippen LogP contribution in [-0.2, 0) is 6.42 Å². The molecule has 0 bridgehead atoms. The van der Waals surface area contributed by atoms with Gasteiger partial charge in [-0.15, -0.1) is 0 Å². The summed E-state index contributed by atoms with van der Waals surface area (Å²) in [6.07, 6.45) is 0.941. The summed E-state index contributed by atoms with van der Waals surface area (Å²) < 4.78 is 2.81. The minimum absolute atomic E-state index is 0.0725. The molecule has 0 radical (unpaired) electrons. The largest absolute Gasteiger partial charge is 0.300 e. The number of aromatic nitrogens is 3. The molecule has 1 N–H and O–H groups in total. The van der Waals surface area contributed by atoms with Gasteiger partial charge in [0.15, 0.2) is 20.5 Å². The van der Waals surface area contributed by atoms with Crippen LogP contribution in [0, 0.1) is 3.95 Å². The first-order valence-corrected chi connectivity index (χ1v) is 11.7. The summed E-state index contributed by atoms with van der Waals surface area (Å²) in [5.41, 5.74) is 2.87. The molecule has 0 atom stereocenters. The van der Waals surface area contributed by atoms with E-state index < -0.39 is 0 Å². The number of carbonyl (C=O) groups is 1. The van der Waals surface area contributed by atoms with Crippen molar-refractivity contribution in [1.29, 1.82) is 0 Å². The van der Waals surface area contributed by atoms with Gasteiger partial charge in [-0.2, -0.15) is 0 Å². The molecular formula is C21H16ClN3O2S3. The number of nitrogens with one attached hydrogen (secondary N) is 1. The molecule has 5 nitrogen and oxygen atoms in total. The molecule has 152 valence electrons. The number of hydrogen-bond acceptors (Lipinski definition) is 6. The Morgan fingerprint density at radius 3 is 2.57 bits per heavy atom. The molecule has 0 saturated carbocycles. The van der Waals surface area contributed by atoms with Gasteiger partial charge in [0.25, 0.3) is 5.56 Å². The second kappa shape index (κ2) is 8.85. The topological polar surface area (TPSA) is 67.8 Å². The molecule has 9 heteroatoms. The van der Waals surface area contributed by atoms with Crippen LogP contribution in [0.4, 0.5) is 0 Å². The summed E-state index contributed by atoms with van der Waals surface area (Å²) in [6, 6.07) is 14.7. The number of hydrogen-bond donors (Lipinski definition) is 1. The summed E-state index contributed by atoms with van der Waals surface area (Å²) >= 11 is 13.8. The zero-order chi connectivity index (χ0) is 21.3. The highest BCUT2D eigenvalue weighted by atomic mass is 35.5. The molecule has 0 fully saturated rings. The monoisotopic (exact) mass is 473 g/mol. The van der Waals surface area contributed by atoms with Crippen molar-refractivity contribution in [1.82, 2.24) is 14.5 Å². The molecule has 0 unspecified atom stereocenters. The van der Waals surface area contributed by atoms with Crippen molar-refractivity contribution in [2.24, 2.45) is 0 Å². The molecule has 0 aliphatic rings. The van der Waals surface area contributed by atoms with E-state index in [-0.39, 0.29) is 17.1 Å². The fourth-order valence-corrected chi connectivity index (χ4v) is 5.07. The molecule has 30 heavy (non-hydrogen) atoms. The predicted octanol–water partition coefficient (Wildman–Crippen LogP) is 5.70. The van der Waals surface area contributed by atoms with Crippen LogP contribution in [0.2, 0.25) is 5.02 Å². The van der Waals surface area contributed by atoms with Gasteiger partial charge < -0.3 is 4.98 Å². The molecular weight excluding hydrogens is 458 g/mol. The van der Waals surface area contributed by atoms with Crippen LogP contribution < -0.4 is 5.56 Å². The lowest BCUT2D eigenvalue weighted by Gasteiger charge is -2.06. The van der Waals surface area contributed by atoms with Crippen LogP contribution in [0.25, 0.3) is 16.0 Å². The lowest BCUT2D eigenvalue weighted by molar-refractivity contribution is 0.102. The number of aryl methyl sites for hydroxylation is 1. The maximum absolute atomic E-state index is 12.6. The summed E-state index contributed by atoms with van der Waals surface area (Å²) in [7, 11) is 0. The van der Waals surface area contributed by atoms with Crippen LogP contribution >= 0.6 is 46.9 Å². The molecule has 2 aromatic heterocycles. The van der Waals surface area contributed by atoms with Crippen LogP contribution in [0.3, 0.4) is 0 Å². The number of Topliss-reactive ketones (excluding diaryl/α,β-unsaturated/α-hetero) is 1. The fraction of sp³-hybridized carbons (Fsp3) is 0.143. The van der Waals surface area contributed by atoms with E-state index >= 15 is 0 Å². The van der Waals surface area contributed by atoms with Gasteiger partial charge in [0.2, 0.25) is 0 Å². The number of rotatable bonds is 6. The summed E-state index contributed by atoms with van der Waals surface area (Å²) in [6.45, 7) is 2.09. The quantitative estimate of drug-likeness (QED) is 0.168. The molecule has 0 aliphatic heterocycles. The molecule has 4 aromatic rings. The Bertz CT molecular complexity index is 1340. The molecule has 4 rings (SSSR count). The number of carbonyl (C=O) groups excluding carboxylic acids is 1. The van der Waals surface area contributed by atoms with Crippen molar-refractivity contribution in [3.63, 3.8) is 0 Å². The number of halogens is 1. The smallest absolute Gasteiger partial charge is 0.271 e. The number of aromatic amines is 1. The first-order valence-electron chi connectivity index (χ1n) is 9.13. The lowest BCUT2D eigenvalue weighted by Crippen LogP contribution is -2.11. The first-order chi connectivity index (χ1) is 14.5. The van der Waals surface area contributed by atoms with Crippen LogP contribution in [0.5, 0.6) is 0 Å². The highest BCUT2D eigenvalue weighted by Crippen LogP contribution is 2.25. The Balaban J connectivity index is 1.66.